The van der Waals surface area contributed by atoms with Crippen LogP contribution in [0.3, 0.4) is 0 Å². The minimum Gasteiger partial charge on any atom is -0.382 e. The van der Waals surface area contributed by atoms with E-state index in [1.54, 1.807) is 0 Å². The van der Waals surface area contributed by atoms with Gasteiger partial charge in [0.1, 0.15) is 0 Å². The van der Waals surface area contributed by atoms with Crippen LogP contribution in [0.25, 0.3) is 0 Å². The smallest absolute Gasteiger partial charge is 0.316 e. The number of benzene rings is 1. The van der Waals surface area contributed by atoms with Gasteiger partial charge in [0.15, 0.2) is 0 Å². The Morgan fingerprint density at radius 3 is 2.35 bits per heavy atom. The molecule has 110 valence electrons. The van der Waals surface area contributed by atoms with Crippen LogP contribution < -0.4 is 16.4 Å². The third-order valence-electron chi connectivity index (χ3n) is 4.18. The van der Waals surface area contributed by atoms with Gasteiger partial charge in [-0.2, -0.15) is 0 Å². The van der Waals surface area contributed by atoms with Gasteiger partial charge in [0, 0.05) is 17.4 Å². The third kappa shape index (κ3) is 3.89. The highest BCUT2D eigenvalue weighted by Crippen LogP contribution is 2.32. The molecule has 2 atom stereocenters. The van der Waals surface area contributed by atoms with Gasteiger partial charge >= 0.3 is 6.03 Å². The van der Waals surface area contributed by atoms with E-state index in [1.807, 2.05) is 24.3 Å². The van der Waals surface area contributed by atoms with Crippen molar-refractivity contribution in [3.05, 3.63) is 24.3 Å². The first kappa shape index (κ1) is 14.7. The van der Waals surface area contributed by atoms with Gasteiger partial charge in [0.2, 0.25) is 0 Å². The number of nitrogens with one attached hydrogen (secondary N) is 2. The van der Waals surface area contributed by atoms with E-state index in [1.165, 1.54) is 25.7 Å². The zero-order chi connectivity index (χ0) is 14.5. The number of anilines is 2. The van der Waals surface area contributed by atoms with Crippen molar-refractivity contribution in [3.63, 3.8) is 0 Å². The van der Waals surface area contributed by atoms with E-state index in [0.717, 1.165) is 17.3 Å². The molecule has 20 heavy (non-hydrogen) atoms. The monoisotopic (exact) mass is 275 g/mol. The van der Waals surface area contributed by atoms with Gasteiger partial charge in [-0.15, -0.1) is 0 Å². The zero-order valence-corrected chi connectivity index (χ0v) is 12.4. The molecular weight excluding hydrogens is 250 g/mol. The van der Waals surface area contributed by atoms with Crippen LogP contribution in [0, 0.1) is 11.8 Å². The fourth-order valence-corrected chi connectivity index (χ4v) is 3.14. The maximum absolute atomic E-state index is 10.8. The molecule has 0 bridgehead atoms. The molecule has 0 aliphatic heterocycles. The van der Waals surface area contributed by atoms with Crippen molar-refractivity contribution in [2.24, 2.45) is 17.6 Å². The number of amides is 2. The molecular formula is C16H25N3O. The number of nitrogens with two attached hydrogens (primary N) is 1. The number of urea groups is 1. The normalized spacial score (nSPS) is 22.6. The van der Waals surface area contributed by atoms with Crippen molar-refractivity contribution in [2.45, 2.75) is 45.6 Å². The molecule has 2 unspecified atom stereocenters. The van der Waals surface area contributed by atoms with Crippen LogP contribution in [0.4, 0.5) is 16.2 Å². The summed E-state index contributed by atoms with van der Waals surface area (Å²) in [5, 5.41) is 6.22. The van der Waals surface area contributed by atoms with Crippen LogP contribution in [-0.2, 0) is 0 Å². The predicted molar refractivity (Wildman–Crippen MR) is 83.9 cm³/mol. The van der Waals surface area contributed by atoms with Crippen molar-refractivity contribution in [1.29, 1.82) is 0 Å². The van der Waals surface area contributed by atoms with E-state index in [0.29, 0.717) is 12.0 Å². The molecule has 1 aliphatic rings. The second-order valence-corrected chi connectivity index (χ2v) is 6.01. The van der Waals surface area contributed by atoms with Gasteiger partial charge in [-0.1, -0.05) is 26.7 Å². The van der Waals surface area contributed by atoms with E-state index in [2.05, 4.69) is 24.5 Å². The number of rotatable bonds is 4. The Hall–Kier alpha value is -1.71. The molecule has 2 rings (SSSR count). The van der Waals surface area contributed by atoms with Gasteiger partial charge in [-0.3, -0.25) is 0 Å². The van der Waals surface area contributed by atoms with Crippen molar-refractivity contribution < 1.29 is 4.79 Å². The average molecular weight is 275 g/mol. The molecule has 1 fully saturated rings. The molecule has 0 saturated heterocycles. The maximum atomic E-state index is 10.8. The molecule has 2 amide bonds. The highest BCUT2D eigenvalue weighted by molar-refractivity contribution is 5.87. The Balaban J connectivity index is 1.99. The van der Waals surface area contributed by atoms with Crippen LogP contribution in [0.15, 0.2) is 24.3 Å². The highest BCUT2D eigenvalue weighted by atomic mass is 16.2. The Morgan fingerprint density at radius 1 is 1.15 bits per heavy atom. The summed E-state index contributed by atoms with van der Waals surface area (Å²) in [6, 6.07) is 7.77. The molecule has 4 heteroatoms. The fourth-order valence-electron chi connectivity index (χ4n) is 3.14. The Kier molecular flexibility index (Phi) is 4.88. The van der Waals surface area contributed by atoms with Crippen LogP contribution >= 0.6 is 0 Å². The lowest BCUT2D eigenvalue weighted by Gasteiger charge is -2.35. The van der Waals surface area contributed by atoms with Crippen LogP contribution in [0.5, 0.6) is 0 Å². The van der Waals surface area contributed by atoms with E-state index in [-0.39, 0.29) is 0 Å². The number of hydrogen-bond donors (Lipinski definition) is 3. The number of primary amides is 1. The van der Waals surface area contributed by atoms with Gasteiger partial charge in [-0.25, -0.2) is 4.79 Å². The molecule has 0 heterocycles. The van der Waals surface area contributed by atoms with E-state index >= 15 is 0 Å². The number of carbonyl (C=O) groups excluding carboxylic acids is 1. The zero-order valence-electron chi connectivity index (χ0n) is 12.4. The van der Waals surface area contributed by atoms with Crippen LogP contribution in [-0.4, -0.2) is 12.1 Å². The van der Waals surface area contributed by atoms with E-state index in [4.69, 9.17) is 5.73 Å². The second-order valence-electron chi connectivity index (χ2n) is 6.01. The van der Waals surface area contributed by atoms with Crippen LogP contribution in [0.2, 0.25) is 0 Å². The number of hydrogen-bond acceptors (Lipinski definition) is 2. The summed E-state index contributed by atoms with van der Waals surface area (Å²) in [6.07, 6.45) is 5.21. The van der Waals surface area contributed by atoms with Crippen molar-refractivity contribution in [3.8, 4) is 0 Å². The van der Waals surface area contributed by atoms with Gasteiger partial charge in [-0.05, 0) is 48.9 Å². The first-order valence-electron chi connectivity index (χ1n) is 7.49. The largest absolute Gasteiger partial charge is 0.382 e. The molecule has 4 N–H and O–H groups in total. The molecule has 4 nitrogen and oxygen atoms in total. The average Bonchev–Trinajstić information content (AvgIpc) is 2.41. The predicted octanol–water partition coefficient (Wildman–Crippen LogP) is 3.80. The summed E-state index contributed by atoms with van der Waals surface area (Å²) in [5.74, 6) is 1.45. The molecule has 1 saturated carbocycles. The Bertz CT molecular complexity index is 442. The lowest BCUT2D eigenvalue weighted by Crippen LogP contribution is -2.35. The maximum Gasteiger partial charge on any atom is 0.316 e. The lowest BCUT2D eigenvalue weighted by molar-refractivity contribution is 0.254. The summed E-state index contributed by atoms with van der Waals surface area (Å²) in [7, 11) is 0. The van der Waals surface area contributed by atoms with E-state index in [9.17, 15) is 4.79 Å². The van der Waals surface area contributed by atoms with Gasteiger partial charge in [0.25, 0.3) is 0 Å². The molecule has 0 spiro atoms. The van der Waals surface area contributed by atoms with Crippen molar-refractivity contribution in [1.82, 2.24) is 0 Å². The fraction of sp³-hybridized carbons (Fsp3) is 0.562. The second kappa shape index (κ2) is 6.64. The third-order valence-corrected chi connectivity index (χ3v) is 4.18. The van der Waals surface area contributed by atoms with Gasteiger partial charge in [0.05, 0.1) is 0 Å². The molecule has 1 aromatic rings. The highest BCUT2D eigenvalue weighted by Gasteiger charge is 2.27. The number of carbonyl (C=O) groups is 1. The summed E-state index contributed by atoms with van der Waals surface area (Å²) < 4.78 is 0. The first-order chi connectivity index (χ1) is 9.56. The molecule has 0 aromatic heterocycles. The molecule has 0 radical (unpaired) electrons. The molecule has 1 aliphatic carbocycles. The van der Waals surface area contributed by atoms with E-state index < -0.39 is 6.03 Å². The van der Waals surface area contributed by atoms with Gasteiger partial charge < -0.3 is 16.4 Å². The minimum absolute atomic E-state index is 0.530. The van der Waals surface area contributed by atoms with Crippen molar-refractivity contribution in [2.75, 3.05) is 10.6 Å². The SMILES string of the molecule is CC(C)C1CCCCC1Nc1ccc(NC(N)=O)cc1. The summed E-state index contributed by atoms with van der Waals surface area (Å²) in [5.41, 5.74) is 6.94. The summed E-state index contributed by atoms with van der Waals surface area (Å²) >= 11 is 0. The topological polar surface area (TPSA) is 67.2 Å². The quantitative estimate of drug-likeness (QED) is 0.782. The standard InChI is InChI=1S/C16H25N3O/c1-11(2)14-5-3-4-6-15(14)18-12-7-9-13(10-8-12)19-16(17)20/h7-11,14-15,18H,3-6H2,1-2H3,(H3,17,19,20). The Morgan fingerprint density at radius 2 is 1.75 bits per heavy atom. The minimum atomic E-state index is -0.530. The molecule has 1 aromatic carbocycles. The lowest BCUT2D eigenvalue weighted by atomic mass is 9.78. The van der Waals surface area contributed by atoms with Crippen molar-refractivity contribution >= 4 is 17.4 Å². The summed E-state index contributed by atoms with van der Waals surface area (Å²) in [6.45, 7) is 4.62. The Labute approximate surface area is 121 Å². The summed E-state index contributed by atoms with van der Waals surface area (Å²) in [4.78, 5) is 10.8. The first-order valence-corrected chi connectivity index (χ1v) is 7.49. The van der Waals surface area contributed by atoms with Crippen LogP contribution in [0.1, 0.15) is 39.5 Å².